The summed E-state index contributed by atoms with van der Waals surface area (Å²) in [5, 5.41) is 7.52. The first-order chi connectivity index (χ1) is 14.1. The van der Waals surface area contributed by atoms with E-state index in [0.29, 0.717) is 22.2 Å². The number of halogens is 1. The molecule has 1 N–H and O–H groups in total. The number of amides is 1. The molecular formula is C22H16FN3O3. The van der Waals surface area contributed by atoms with Crippen molar-refractivity contribution in [1.82, 2.24) is 9.78 Å². The smallest absolute Gasteiger partial charge is 0.279 e. The van der Waals surface area contributed by atoms with Crippen LogP contribution in [-0.4, -0.2) is 22.8 Å². The molecule has 7 heteroatoms. The van der Waals surface area contributed by atoms with E-state index in [1.54, 1.807) is 61.7 Å². The van der Waals surface area contributed by atoms with Crippen molar-refractivity contribution < 1.29 is 13.9 Å². The summed E-state index contributed by atoms with van der Waals surface area (Å²) in [6, 6.07) is 19.2. The molecule has 0 fully saturated rings. The predicted octanol–water partition coefficient (Wildman–Crippen LogP) is 3.79. The standard InChI is InChI=1S/C22H16FN3O3/c1-29-15-12-10-14(11-13-15)26-22(28)17-7-3-2-6-16(17)20(25-26)21(27)24-19-9-5-4-8-18(19)23/h2-13H,1H3,(H,24,27). The van der Waals surface area contributed by atoms with Crippen molar-refractivity contribution in [1.29, 1.82) is 0 Å². The Morgan fingerprint density at radius 1 is 0.966 bits per heavy atom. The SMILES string of the molecule is COc1ccc(-n2nc(C(=O)Nc3ccccc3F)c3ccccc3c2=O)cc1. The molecule has 0 bridgehead atoms. The van der Waals surface area contributed by atoms with Crippen LogP contribution in [0.5, 0.6) is 5.75 Å². The number of anilines is 1. The average molecular weight is 389 g/mol. The van der Waals surface area contributed by atoms with Crippen LogP contribution in [0.25, 0.3) is 16.5 Å². The van der Waals surface area contributed by atoms with E-state index < -0.39 is 11.7 Å². The summed E-state index contributed by atoms with van der Waals surface area (Å²) >= 11 is 0. The Hall–Kier alpha value is -4.00. The van der Waals surface area contributed by atoms with Crippen LogP contribution < -0.4 is 15.6 Å². The first kappa shape index (κ1) is 18.4. The molecule has 0 atom stereocenters. The number of nitrogens with zero attached hydrogens (tertiary/aromatic N) is 2. The van der Waals surface area contributed by atoms with Crippen molar-refractivity contribution in [2.75, 3.05) is 12.4 Å². The van der Waals surface area contributed by atoms with Gasteiger partial charge in [0.1, 0.15) is 11.6 Å². The molecule has 0 saturated heterocycles. The zero-order valence-corrected chi connectivity index (χ0v) is 15.4. The van der Waals surface area contributed by atoms with Crippen molar-refractivity contribution in [3.63, 3.8) is 0 Å². The lowest BCUT2D eigenvalue weighted by Gasteiger charge is -2.12. The minimum Gasteiger partial charge on any atom is -0.497 e. The van der Waals surface area contributed by atoms with Gasteiger partial charge in [-0.15, -0.1) is 0 Å². The molecule has 29 heavy (non-hydrogen) atoms. The number of hydrogen-bond donors (Lipinski definition) is 1. The molecule has 4 aromatic rings. The predicted molar refractivity (Wildman–Crippen MR) is 108 cm³/mol. The largest absolute Gasteiger partial charge is 0.497 e. The molecule has 6 nitrogen and oxygen atoms in total. The van der Waals surface area contributed by atoms with Gasteiger partial charge in [-0.2, -0.15) is 9.78 Å². The van der Waals surface area contributed by atoms with E-state index in [1.807, 2.05) is 0 Å². The Kier molecular flexibility index (Phi) is 4.78. The van der Waals surface area contributed by atoms with E-state index >= 15 is 0 Å². The van der Waals surface area contributed by atoms with Crippen LogP contribution in [0.3, 0.4) is 0 Å². The van der Waals surface area contributed by atoms with Crippen LogP contribution in [-0.2, 0) is 0 Å². The quantitative estimate of drug-likeness (QED) is 0.576. The number of benzene rings is 3. The lowest BCUT2D eigenvalue weighted by molar-refractivity contribution is 0.102. The maximum absolute atomic E-state index is 14.0. The molecule has 0 spiro atoms. The Morgan fingerprint density at radius 2 is 1.62 bits per heavy atom. The normalized spacial score (nSPS) is 10.7. The number of methoxy groups -OCH3 is 1. The highest BCUT2D eigenvalue weighted by Crippen LogP contribution is 2.19. The molecule has 3 aromatic carbocycles. The van der Waals surface area contributed by atoms with E-state index in [1.165, 1.54) is 18.2 Å². The van der Waals surface area contributed by atoms with Gasteiger partial charge in [0.2, 0.25) is 0 Å². The van der Waals surface area contributed by atoms with Crippen LogP contribution in [0.15, 0.2) is 77.6 Å². The van der Waals surface area contributed by atoms with E-state index in [4.69, 9.17) is 4.74 Å². The van der Waals surface area contributed by atoms with Gasteiger partial charge in [-0.05, 0) is 42.5 Å². The van der Waals surface area contributed by atoms with Crippen molar-refractivity contribution >= 4 is 22.4 Å². The second-order valence-electron chi connectivity index (χ2n) is 6.24. The number of ether oxygens (including phenoxy) is 1. The van der Waals surface area contributed by atoms with Gasteiger partial charge < -0.3 is 10.1 Å². The van der Waals surface area contributed by atoms with Gasteiger partial charge >= 0.3 is 0 Å². The molecule has 1 aromatic heterocycles. The fraction of sp³-hybridized carbons (Fsp3) is 0.0455. The average Bonchev–Trinajstić information content (AvgIpc) is 2.76. The number of hydrogen-bond acceptors (Lipinski definition) is 4. The Balaban J connectivity index is 1.86. The molecule has 144 valence electrons. The summed E-state index contributed by atoms with van der Waals surface area (Å²) in [5.41, 5.74) is 0.152. The third-order valence-electron chi connectivity index (χ3n) is 4.46. The van der Waals surface area contributed by atoms with E-state index in [0.717, 1.165) is 4.68 Å². The second-order valence-corrected chi connectivity index (χ2v) is 6.24. The number of nitrogens with one attached hydrogen (secondary N) is 1. The fourth-order valence-electron chi connectivity index (χ4n) is 3.00. The monoisotopic (exact) mass is 389 g/mol. The molecular weight excluding hydrogens is 373 g/mol. The molecule has 1 amide bonds. The summed E-state index contributed by atoms with van der Waals surface area (Å²) in [7, 11) is 1.54. The van der Waals surface area contributed by atoms with Crippen LogP contribution >= 0.6 is 0 Å². The van der Waals surface area contributed by atoms with Crippen molar-refractivity contribution in [2.24, 2.45) is 0 Å². The number of para-hydroxylation sites is 1. The Labute approximate surface area is 165 Å². The minimum absolute atomic E-state index is 0.0132. The van der Waals surface area contributed by atoms with E-state index in [9.17, 15) is 14.0 Å². The highest BCUT2D eigenvalue weighted by Gasteiger charge is 2.18. The second kappa shape index (κ2) is 7.55. The summed E-state index contributed by atoms with van der Waals surface area (Å²) < 4.78 is 20.2. The fourth-order valence-corrected chi connectivity index (χ4v) is 3.00. The van der Waals surface area contributed by atoms with Gasteiger partial charge in [-0.1, -0.05) is 30.3 Å². The van der Waals surface area contributed by atoms with Gasteiger partial charge in [0.05, 0.1) is 23.9 Å². The third-order valence-corrected chi connectivity index (χ3v) is 4.46. The lowest BCUT2D eigenvalue weighted by Crippen LogP contribution is -2.26. The lowest BCUT2D eigenvalue weighted by atomic mass is 10.1. The maximum atomic E-state index is 14.0. The molecule has 0 saturated carbocycles. The summed E-state index contributed by atoms with van der Waals surface area (Å²) in [6.45, 7) is 0. The van der Waals surface area contributed by atoms with E-state index in [2.05, 4.69) is 10.4 Å². The number of aromatic nitrogens is 2. The Bertz CT molecular complexity index is 1270. The van der Waals surface area contributed by atoms with Crippen LogP contribution in [0.4, 0.5) is 10.1 Å². The molecule has 0 aliphatic heterocycles. The topological polar surface area (TPSA) is 73.2 Å². The number of fused-ring (bicyclic) bond motifs is 1. The van der Waals surface area contributed by atoms with Gasteiger partial charge in [0, 0.05) is 5.39 Å². The number of carbonyl (C=O) groups is 1. The first-order valence-electron chi connectivity index (χ1n) is 8.81. The molecule has 0 radical (unpaired) electrons. The summed E-state index contributed by atoms with van der Waals surface area (Å²) in [6.07, 6.45) is 0. The maximum Gasteiger partial charge on any atom is 0.279 e. The number of rotatable bonds is 4. The third kappa shape index (κ3) is 3.45. The van der Waals surface area contributed by atoms with Gasteiger partial charge in [-0.3, -0.25) is 9.59 Å². The van der Waals surface area contributed by atoms with Gasteiger partial charge in [0.15, 0.2) is 5.69 Å². The zero-order chi connectivity index (χ0) is 20.4. The Morgan fingerprint density at radius 3 is 2.31 bits per heavy atom. The molecule has 0 unspecified atom stereocenters. The van der Waals surface area contributed by atoms with Gasteiger partial charge in [-0.25, -0.2) is 4.39 Å². The molecule has 4 rings (SSSR count). The van der Waals surface area contributed by atoms with Crippen LogP contribution in [0, 0.1) is 5.82 Å². The van der Waals surface area contributed by atoms with Crippen molar-refractivity contribution in [3.05, 3.63) is 94.7 Å². The molecule has 1 heterocycles. The van der Waals surface area contributed by atoms with Crippen molar-refractivity contribution in [2.45, 2.75) is 0 Å². The van der Waals surface area contributed by atoms with Crippen LogP contribution in [0.1, 0.15) is 10.5 Å². The highest BCUT2D eigenvalue weighted by atomic mass is 19.1. The van der Waals surface area contributed by atoms with Crippen LogP contribution in [0.2, 0.25) is 0 Å². The number of carbonyl (C=O) groups excluding carboxylic acids is 1. The summed E-state index contributed by atoms with van der Waals surface area (Å²) in [5.74, 6) is -0.553. The first-order valence-corrected chi connectivity index (χ1v) is 8.81. The highest BCUT2D eigenvalue weighted by molar-refractivity contribution is 6.11. The molecule has 0 aliphatic rings. The van der Waals surface area contributed by atoms with Gasteiger partial charge in [0.25, 0.3) is 11.5 Å². The minimum atomic E-state index is -0.617. The summed E-state index contributed by atoms with van der Waals surface area (Å²) in [4.78, 5) is 25.8. The molecule has 0 aliphatic carbocycles. The van der Waals surface area contributed by atoms with E-state index in [-0.39, 0.29) is 16.9 Å². The zero-order valence-electron chi connectivity index (χ0n) is 15.4. The van der Waals surface area contributed by atoms with Crippen molar-refractivity contribution in [3.8, 4) is 11.4 Å².